The van der Waals surface area contributed by atoms with Gasteiger partial charge in [-0.05, 0) is 27.2 Å². The van der Waals surface area contributed by atoms with Crippen LogP contribution in [0.1, 0.15) is 27.2 Å². The van der Waals surface area contributed by atoms with Crippen molar-refractivity contribution in [3.8, 4) is 5.88 Å². The molecule has 0 aliphatic rings. The summed E-state index contributed by atoms with van der Waals surface area (Å²) in [7, 11) is 0. The molecule has 1 rings (SSSR count). The Morgan fingerprint density at radius 2 is 2.19 bits per heavy atom. The van der Waals surface area contributed by atoms with Gasteiger partial charge >= 0.3 is 0 Å². The first-order valence-electron chi connectivity index (χ1n) is 5.51. The molecule has 1 heterocycles. The fourth-order valence-electron chi connectivity index (χ4n) is 1.47. The molecule has 0 aliphatic heterocycles. The molecule has 16 heavy (non-hydrogen) atoms. The number of hydrogen-bond donors (Lipinski definition) is 2. The van der Waals surface area contributed by atoms with Crippen LogP contribution in [-0.2, 0) is 0 Å². The Bertz CT molecular complexity index is 318. The van der Waals surface area contributed by atoms with Crippen molar-refractivity contribution in [2.24, 2.45) is 0 Å². The van der Waals surface area contributed by atoms with Crippen molar-refractivity contribution in [1.82, 2.24) is 9.97 Å². The van der Waals surface area contributed by atoms with E-state index >= 15 is 0 Å². The quantitative estimate of drug-likeness (QED) is 0.767. The molecule has 5 nitrogen and oxygen atoms in total. The topological polar surface area (TPSA) is 67.3 Å². The third-order valence-corrected chi connectivity index (χ3v) is 2.02. The van der Waals surface area contributed by atoms with Crippen molar-refractivity contribution in [3.63, 3.8) is 0 Å². The maximum atomic E-state index is 9.24. The molecule has 2 unspecified atom stereocenters. The van der Waals surface area contributed by atoms with E-state index in [4.69, 9.17) is 4.74 Å². The number of hydrogen-bond acceptors (Lipinski definition) is 5. The molecule has 1 aromatic heterocycles. The van der Waals surface area contributed by atoms with Crippen LogP contribution in [0.4, 0.5) is 5.82 Å². The van der Waals surface area contributed by atoms with Crippen molar-refractivity contribution in [3.05, 3.63) is 12.4 Å². The Kier molecular flexibility index (Phi) is 4.98. The van der Waals surface area contributed by atoms with Crippen molar-refractivity contribution in [1.29, 1.82) is 0 Å². The Labute approximate surface area is 95.9 Å². The number of aromatic nitrogens is 2. The molecule has 0 spiro atoms. The second-order valence-electron chi connectivity index (χ2n) is 3.80. The zero-order valence-electron chi connectivity index (χ0n) is 9.97. The number of aliphatic hydroxyl groups is 1. The molecule has 0 fully saturated rings. The Hall–Kier alpha value is -1.36. The van der Waals surface area contributed by atoms with Gasteiger partial charge in [0.1, 0.15) is 12.1 Å². The van der Waals surface area contributed by atoms with Gasteiger partial charge in [0, 0.05) is 12.1 Å². The van der Waals surface area contributed by atoms with Gasteiger partial charge in [0.05, 0.1) is 12.7 Å². The summed E-state index contributed by atoms with van der Waals surface area (Å²) in [5.74, 6) is 1.27. The predicted molar refractivity (Wildman–Crippen MR) is 62.6 cm³/mol. The van der Waals surface area contributed by atoms with Gasteiger partial charge in [-0.25, -0.2) is 9.97 Å². The highest BCUT2D eigenvalue weighted by atomic mass is 16.5. The zero-order valence-corrected chi connectivity index (χ0v) is 9.97. The van der Waals surface area contributed by atoms with Crippen LogP contribution < -0.4 is 10.1 Å². The molecule has 0 radical (unpaired) electrons. The lowest BCUT2D eigenvalue weighted by Crippen LogP contribution is -2.21. The number of aliphatic hydroxyl groups excluding tert-OH is 1. The highest BCUT2D eigenvalue weighted by Crippen LogP contribution is 2.13. The van der Waals surface area contributed by atoms with Gasteiger partial charge in [0.15, 0.2) is 0 Å². The second kappa shape index (κ2) is 6.27. The summed E-state index contributed by atoms with van der Waals surface area (Å²) in [5, 5.41) is 12.4. The van der Waals surface area contributed by atoms with E-state index in [1.807, 2.05) is 13.8 Å². The minimum Gasteiger partial charge on any atom is -0.478 e. The molecular formula is C11H19N3O2. The average Bonchev–Trinajstić information content (AvgIpc) is 2.17. The molecule has 0 saturated carbocycles. The number of anilines is 1. The van der Waals surface area contributed by atoms with Gasteiger partial charge in [-0.15, -0.1) is 0 Å². The van der Waals surface area contributed by atoms with Gasteiger partial charge in [0.2, 0.25) is 5.88 Å². The van der Waals surface area contributed by atoms with Crippen LogP contribution in [-0.4, -0.2) is 33.8 Å². The van der Waals surface area contributed by atoms with Gasteiger partial charge in [0.25, 0.3) is 0 Å². The van der Waals surface area contributed by atoms with Crippen LogP contribution in [0, 0.1) is 0 Å². The summed E-state index contributed by atoms with van der Waals surface area (Å²) in [6.45, 7) is 6.25. The van der Waals surface area contributed by atoms with Crippen LogP contribution in [0.5, 0.6) is 5.88 Å². The molecule has 0 aliphatic carbocycles. The molecule has 1 aromatic rings. The monoisotopic (exact) mass is 225 g/mol. The molecule has 0 aromatic carbocycles. The first kappa shape index (κ1) is 12.7. The molecule has 90 valence electrons. The van der Waals surface area contributed by atoms with Gasteiger partial charge in [-0.2, -0.15) is 0 Å². The lowest BCUT2D eigenvalue weighted by atomic mass is 10.1. The lowest BCUT2D eigenvalue weighted by molar-refractivity contribution is 0.179. The smallest absolute Gasteiger partial charge is 0.218 e. The lowest BCUT2D eigenvalue weighted by Gasteiger charge is -2.16. The Balaban J connectivity index is 2.55. The first-order valence-corrected chi connectivity index (χ1v) is 5.51. The summed E-state index contributed by atoms with van der Waals surface area (Å²) in [6, 6.07) is 1.91. The van der Waals surface area contributed by atoms with Gasteiger partial charge in [-0.3, -0.25) is 0 Å². The second-order valence-corrected chi connectivity index (χ2v) is 3.80. The van der Waals surface area contributed by atoms with Gasteiger partial charge < -0.3 is 15.2 Å². The Morgan fingerprint density at radius 3 is 2.81 bits per heavy atom. The van der Waals surface area contributed by atoms with Crippen LogP contribution in [0.2, 0.25) is 0 Å². The Morgan fingerprint density at radius 1 is 1.44 bits per heavy atom. The molecule has 2 N–H and O–H groups in total. The maximum absolute atomic E-state index is 9.24. The maximum Gasteiger partial charge on any atom is 0.218 e. The minimum atomic E-state index is -0.323. The van der Waals surface area contributed by atoms with E-state index in [0.717, 1.165) is 0 Å². The fourth-order valence-corrected chi connectivity index (χ4v) is 1.47. The average molecular weight is 225 g/mol. The summed E-state index contributed by atoms with van der Waals surface area (Å²) >= 11 is 0. The van der Waals surface area contributed by atoms with Crippen molar-refractivity contribution < 1.29 is 9.84 Å². The number of ether oxygens (including phenoxy) is 1. The molecule has 0 amide bonds. The summed E-state index contributed by atoms with van der Waals surface area (Å²) in [6.07, 6.45) is 1.81. The summed E-state index contributed by atoms with van der Waals surface area (Å²) in [5.41, 5.74) is 0. The van der Waals surface area contributed by atoms with Crippen LogP contribution in [0.25, 0.3) is 0 Å². The number of rotatable bonds is 6. The van der Waals surface area contributed by atoms with E-state index in [-0.39, 0.29) is 12.1 Å². The summed E-state index contributed by atoms with van der Waals surface area (Å²) in [4.78, 5) is 8.06. The first-order chi connectivity index (χ1) is 7.61. The normalized spacial score (nSPS) is 14.2. The predicted octanol–water partition coefficient (Wildman–Crippen LogP) is 1.45. The van der Waals surface area contributed by atoms with E-state index in [9.17, 15) is 5.11 Å². The van der Waals surface area contributed by atoms with E-state index < -0.39 is 0 Å². The van der Waals surface area contributed by atoms with Crippen molar-refractivity contribution in [2.75, 3.05) is 11.9 Å². The number of nitrogens with zero attached hydrogens (tertiary/aromatic N) is 2. The fraction of sp³-hybridized carbons (Fsp3) is 0.636. The molecule has 5 heteroatoms. The molecule has 2 atom stereocenters. The van der Waals surface area contributed by atoms with Crippen LogP contribution in [0.3, 0.4) is 0 Å². The number of nitrogens with one attached hydrogen (secondary N) is 1. The molecular weight excluding hydrogens is 206 g/mol. The zero-order chi connectivity index (χ0) is 12.0. The van der Waals surface area contributed by atoms with Gasteiger partial charge in [-0.1, -0.05) is 0 Å². The standard InChI is InChI=1S/C11H19N3O2/c1-4-16-11-6-10(12-7-13-11)14-8(2)5-9(3)15/h6-9,15H,4-5H2,1-3H3,(H,12,13,14). The van der Waals surface area contributed by atoms with E-state index in [2.05, 4.69) is 15.3 Å². The third-order valence-electron chi connectivity index (χ3n) is 2.02. The molecule has 0 bridgehead atoms. The van der Waals surface area contributed by atoms with Crippen molar-refractivity contribution >= 4 is 5.82 Å². The van der Waals surface area contributed by atoms with Crippen LogP contribution >= 0.6 is 0 Å². The largest absolute Gasteiger partial charge is 0.478 e. The highest BCUT2D eigenvalue weighted by Gasteiger charge is 2.07. The van der Waals surface area contributed by atoms with E-state index in [0.29, 0.717) is 24.7 Å². The van der Waals surface area contributed by atoms with Crippen LogP contribution in [0.15, 0.2) is 12.4 Å². The minimum absolute atomic E-state index is 0.157. The highest BCUT2D eigenvalue weighted by molar-refractivity contribution is 5.37. The summed E-state index contributed by atoms with van der Waals surface area (Å²) < 4.78 is 5.27. The third kappa shape index (κ3) is 4.44. The SMILES string of the molecule is CCOc1cc(NC(C)CC(C)O)ncn1. The van der Waals surface area contributed by atoms with E-state index in [1.54, 1.807) is 13.0 Å². The van der Waals surface area contributed by atoms with E-state index in [1.165, 1.54) is 6.33 Å². The molecule has 0 saturated heterocycles. The van der Waals surface area contributed by atoms with Crippen molar-refractivity contribution in [2.45, 2.75) is 39.3 Å².